The van der Waals surface area contributed by atoms with Gasteiger partial charge in [0, 0.05) is 50.5 Å². The molecule has 4 rings (SSSR count). The largest absolute Gasteiger partial charge is 0.368 e. The summed E-state index contributed by atoms with van der Waals surface area (Å²) in [7, 11) is 0. The molecule has 1 aromatic heterocycles. The molecule has 2 aromatic rings. The van der Waals surface area contributed by atoms with E-state index in [1.54, 1.807) is 13.0 Å². The van der Waals surface area contributed by atoms with Crippen molar-refractivity contribution in [2.24, 2.45) is 0 Å². The summed E-state index contributed by atoms with van der Waals surface area (Å²) in [6.07, 6.45) is 2.37. The highest BCUT2D eigenvalue weighted by molar-refractivity contribution is 5.94. The van der Waals surface area contributed by atoms with E-state index in [2.05, 4.69) is 20.0 Å². The lowest BCUT2D eigenvalue weighted by Gasteiger charge is -2.36. The minimum atomic E-state index is -0.0629. The minimum absolute atomic E-state index is 0.0629. The third-order valence-corrected chi connectivity index (χ3v) is 5.51. The van der Waals surface area contributed by atoms with Crippen molar-refractivity contribution in [2.45, 2.75) is 19.8 Å². The van der Waals surface area contributed by atoms with E-state index in [1.807, 2.05) is 35.2 Å². The molecule has 3 heterocycles. The molecule has 7 heteroatoms. The van der Waals surface area contributed by atoms with E-state index in [-0.39, 0.29) is 11.7 Å². The smallest absolute Gasteiger partial charge is 0.274 e. The molecule has 1 aromatic carbocycles. The lowest BCUT2D eigenvalue weighted by molar-refractivity contribution is 0.0739. The van der Waals surface area contributed by atoms with E-state index < -0.39 is 0 Å². The normalized spacial score (nSPS) is 17.1. The number of hydrogen-bond acceptors (Lipinski definition) is 6. The van der Waals surface area contributed by atoms with Gasteiger partial charge in [0.15, 0.2) is 17.3 Å². The molecule has 2 fully saturated rings. The molecule has 0 unspecified atom stereocenters. The molecular formula is C21H25N5O2. The molecule has 0 spiro atoms. The molecule has 0 saturated carbocycles. The van der Waals surface area contributed by atoms with Gasteiger partial charge in [0.1, 0.15) is 0 Å². The van der Waals surface area contributed by atoms with Gasteiger partial charge in [-0.1, -0.05) is 0 Å². The van der Waals surface area contributed by atoms with Gasteiger partial charge in [-0.15, -0.1) is 10.2 Å². The highest BCUT2D eigenvalue weighted by Gasteiger charge is 2.24. The van der Waals surface area contributed by atoms with Crippen LogP contribution in [0.3, 0.4) is 0 Å². The fraction of sp³-hybridized carbons (Fsp3) is 0.429. The number of nitrogens with zero attached hydrogens (tertiary/aromatic N) is 5. The first-order valence-electron chi connectivity index (χ1n) is 9.86. The first-order chi connectivity index (χ1) is 13.6. The number of hydrogen-bond donors (Lipinski definition) is 0. The molecular weight excluding hydrogens is 354 g/mol. The Morgan fingerprint density at radius 3 is 2.04 bits per heavy atom. The van der Waals surface area contributed by atoms with Gasteiger partial charge in [0.25, 0.3) is 5.91 Å². The molecule has 7 nitrogen and oxygen atoms in total. The Morgan fingerprint density at radius 2 is 1.46 bits per heavy atom. The maximum absolute atomic E-state index is 12.7. The summed E-state index contributed by atoms with van der Waals surface area (Å²) < 4.78 is 0. The zero-order valence-electron chi connectivity index (χ0n) is 16.2. The number of amides is 1. The Bertz CT molecular complexity index is 836. The molecule has 2 aliphatic heterocycles. The van der Waals surface area contributed by atoms with Crippen LogP contribution in [-0.2, 0) is 0 Å². The number of benzene rings is 1. The van der Waals surface area contributed by atoms with Crippen molar-refractivity contribution in [3.8, 4) is 0 Å². The summed E-state index contributed by atoms with van der Waals surface area (Å²) >= 11 is 0. The van der Waals surface area contributed by atoms with Crippen molar-refractivity contribution in [3.05, 3.63) is 47.7 Å². The van der Waals surface area contributed by atoms with Gasteiger partial charge in [-0.05, 0) is 56.2 Å². The van der Waals surface area contributed by atoms with Crippen molar-refractivity contribution in [3.63, 3.8) is 0 Å². The van der Waals surface area contributed by atoms with Crippen molar-refractivity contribution in [1.82, 2.24) is 15.1 Å². The molecule has 2 aliphatic rings. The van der Waals surface area contributed by atoms with Gasteiger partial charge >= 0.3 is 0 Å². The maximum Gasteiger partial charge on any atom is 0.274 e. The lowest BCUT2D eigenvalue weighted by atomic mass is 10.1. The average Bonchev–Trinajstić information content (AvgIpc) is 3.28. The van der Waals surface area contributed by atoms with E-state index in [9.17, 15) is 9.59 Å². The first-order valence-corrected chi connectivity index (χ1v) is 9.86. The zero-order valence-corrected chi connectivity index (χ0v) is 16.2. The molecule has 0 bridgehead atoms. The predicted octanol–water partition coefficient (Wildman–Crippen LogP) is 2.24. The molecule has 0 N–H and O–H groups in total. The fourth-order valence-electron chi connectivity index (χ4n) is 3.79. The zero-order chi connectivity index (χ0) is 19.5. The number of aromatic nitrogens is 2. The average molecular weight is 379 g/mol. The Labute approximate surface area is 165 Å². The first kappa shape index (κ1) is 18.4. The Kier molecular flexibility index (Phi) is 5.23. The molecule has 28 heavy (non-hydrogen) atoms. The SMILES string of the molecule is CC(=O)c1ccc(N2CCN(C(=O)c3ccc(N4CCCC4)nn3)CC2)cc1. The van der Waals surface area contributed by atoms with E-state index in [1.165, 1.54) is 12.8 Å². The standard InChI is InChI=1S/C21H25N5O2/c1-16(27)17-4-6-18(7-5-17)24-12-14-26(15-13-24)21(28)19-8-9-20(23-22-19)25-10-2-3-11-25/h4-9H,2-3,10-15H2,1H3. The number of carbonyl (C=O) groups is 2. The molecule has 2 saturated heterocycles. The van der Waals surface area contributed by atoms with E-state index in [4.69, 9.17) is 0 Å². The van der Waals surface area contributed by atoms with E-state index in [0.29, 0.717) is 24.3 Å². The quantitative estimate of drug-likeness (QED) is 0.759. The van der Waals surface area contributed by atoms with Crippen LogP contribution in [-0.4, -0.2) is 66.1 Å². The monoisotopic (exact) mass is 379 g/mol. The summed E-state index contributed by atoms with van der Waals surface area (Å²) in [5, 5.41) is 8.43. The van der Waals surface area contributed by atoms with Gasteiger partial charge < -0.3 is 14.7 Å². The number of anilines is 2. The van der Waals surface area contributed by atoms with Crippen LogP contribution in [0.15, 0.2) is 36.4 Å². The van der Waals surface area contributed by atoms with Crippen LogP contribution in [0.25, 0.3) is 0 Å². The predicted molar refractivity (Wildman–Crippen MR) is 108 cm³/mol. The topological polar surface area (TPSA) is 69.6 Å². The Morgan fingerprint density at radius 1 is 0.786 bits per heavy atom. The van der Waals surface area contributed by atoms with Crippen LogP contribution in [0.5, 0.6) is 0 Å². The van der Waals surface area contributed by atoms with E-state index >= 15 is 0 Å². The van der Waals surface area contributed by atoms with Gasteiger partial charge in [-0.3, -0.25) is 9.59 Å². The number of ketones is 1. The van der Waals surface area contributed by atoms with Gasteiger partial charge in [0.05, 0.1) is 0 Å². The van der Waals surface area contributed by atoms with Gasteiger partial charge in [0.2, 0.25) is 0 Å². The Hall–Kier alpha value is -2.96. The lowest BCUT2D eigenvalue weighted by Crippen LogP contribution is -2.49. The van der Waals surface area contributed by atoms with Crippen molar-refractivity contribution >= 4 is 23.2 Å². The van der Waals surface area contributed by atoms with Crippen LogP contribution in [0.4, 0.5) is 11.5 Å². The van der Waals surface area contributed by atoms with Crippen molar-refractivity contribution in [2.75, 3.05) is 49.1 Å². The number of Topliss-reactive ketones (excluding diaryl/α,β-unsaturated/α-hetero) is 1. The second kappa shape index (κ2) is 7.96. The molecule has 0 radical (unpaired) electrons. The number of carbonyl (C=O) groups excluding carboxylic acids is 2. The number of piperazine rings is 1. The highest BCUT2D eigenvalue weighted by Crippen LogP contribution is 2.19. The van der Waals surface area contributed by atoms with Crippen LogP contribution >= 0.6 is 0 Å². The third-order valence-electron chi connectivity index (χ3n) is 5.51. The highest BCUT2D eigenvalue weighted by atomic mass is 16.2. The molecule has 1 amide bonds. The van der Waals surface area contributed by atoms with Crippen molar-refractivity contribution in [1.29, 1.82) is 0 Å². The van der Waals surface area contributed by atoms with Crippen LogP contribution in [0.2, 0.25) is 0 Å². The van der Waals surface area contributed by atoms with E-state index in [0.717, 1.165) is 37.7 Å². The summed E-state index contributed by atoms with van der Waals surface area (Å²) in [5.74, 6) is 0.860. The van der Waals surface area contributed by atoms with Gasteiger partial charge in [-0.2, -0.15) is 0 Å². The Balaban J connectivity index is 1.35. The minimum Gasteiger partial charge on any atom is -0.368 e. The van der Waals surface area contributed by atoms with Crippen molar-refractivity contribution < 1.29 is 9.59 Å². The fourth-order valence-corrected chi connectivity index (χ4v) is 3.79. The van der Waals surface area contributed by atoms with Crippen LogP contribution < -0.4 is 9.80 Å². The summed E-state index contributed by atoms with van der Waals surface area (Å²) in [6.45, 7) is 6.38. The second-order valence-electron chi connectivity index (χ2n) is 7.35. The van der Waals surface area contributed by atoms with Gasteiger partial charge in [-0.25, -0.2) is 0 Å². The van der Waals surface area contributed by atoms with Crippen LogP contribution in [0.1, 0.15) is 40.6 Å². The third kappa shape index (κ3) is 3.83. The maximum atomic E-state index is 12.7. The summed E-state index contributed by atoms with van der Waals surface area (Å²) in [6, 6.07) is 11.3. The number of rotatable bonds is 4. The van der Waals surface area contributed by atoms with Crippen LogP contribution in [0, 0.1) is 0 Å². The molecule has 146 valence electrons. The molecule has 0 aliphatic carbocycles. The second-order valence-corrected chi connectivity index (χ2v) is 7.35. The molecule has 0 atom stereocenters. The summed E-state index contributed by atoms with van der Waals surface area (Å²) in [4.78, 5) is 30.4. The summed E-state index contributed by atoms with van der Waals surface area (Å²) in [5.41, 5.74) is 2.20.